The summed E-state index contributed by atoms with van der Waals surface area (Å²) in [6.45, 7) is 1.44. The average molecular weight is 332 g/mol. The zero-order chi connectivity index (χ0) is 17.5. The van der Waals surface area contributed by atoms with E-state index in [9.17, 15) is 14.0 Å². The number of hydrogen-bond donors (Lipinski definition) is 2. The number of methoxy groups -OCH3 is 1. The van der Waals surface area contributed by atoms with Gasteiger partial charge in [0.15, 0.2) is 17.7 Å². The Balaban J connectivity index is 1.90. The van der Waals surface area contributed by atoms with Crippen molar-refractivity contribution in [1.29, 1.82) is 0 Å². The van der Waals surface area contributed by atoms with E-state index in [0.717, 1.165) is 0 Å². The van der Waals surface area contributed by atoms with Gasteiger partial charge in [0.25, 0.3) is 11.8 Å². The monoisotopic (exact) mass is 332 g/mol. The molecule has 2 aromatic carbocycles. The first-order valence-electron chi connectivity index (χ1n) is 7.16. The van der Waals surface area contributed by atoms with Crippen LogP contribution in [-0.2, 0) is 4.79 Å². The van der Waals surface area contributed by atoms with Crippen molar-refractivity contribution in [3.63, 3.8) is 0 Å². The molecule has 0 bridgehead atoms. The summed E-state index contributed by atoms with van der Waals surface area (Å²) in [6, 6.07) is 12.2. The quantitative estimate of drug-likeness (QED) is 0.822. The van der Waals surface area contributed by atoms with Gasteiger partial charge in [0.05, 0.1) is 7.11 Å². The summed E-state index contributed by atoms with van der Waals surface area (Å²) >= 11 is 0. The van der Waals surface area contributed by atoms with Crippen molar-refractivity contribution in [3.05, 3.63) is 59.9 Å². The Morgan fingerprint density at radius 1 is 1.08 bits per heavy atom. The highest BCUT2D eigenvalue weighted by atomic mass is 19.1. The number of benzene rings is 2. The first-order valence-corrected chi connectivity index (χ1v) is 7.16. The van der Waals surface area contributed by atoms with Crippen molar-refractivity contribution < 1.29 is 23.5 Å². The van der Waals surface area contributed by atoms with Crippen LogP contribution in [0.3, 0.4) is 0 Å². The second-order valence-corrected chi connectivity index (χ2v) is 4.87. The average Bonchev–Trinajstić information content (AvgIpc) is 2.61. The number of hydrazine groups is 1. The maximum atomic E-state index is 13.5. The topological polar surface area (TPSA) is 76.7 Å². The summed E-state index contributed by atoms with van der Waals surface area (Å²) in [7, 11) is 1.49. The number of carbonyl (C=O) groups excluding carboxylic acids is 2. The van der Waals surface area contributed by atoms with Gasteiger partial charge in [-0.05, 0) is 37.3 Å². The number of carbonyl (C=O) groups is 2. The van der Waals surface area contributed by atoms with Gasteiger partial charge >= 0.3 is 0 Å². The number of nitrogens with one attached hydrogen (secondary N) is 2. The Morgan fingerprint density at radius 2 is 1.83 bits per heavy atom. The number of halogens is 1. The van der Waals surface area contributed by atoms with Crippen LogP contribution in [0.4, 0.5) is 4.39 Å². The number of rotatable bonds is 5. The second-order valence-electron chi connectivity index (χ2n) is 4.87. The predicted octanol–water partition coefficient (Wildman–Crippen LogP) is 2.06. The Morgan fingerprint density at radius 3 is 2.54 bits per heavy atom. The van der Waals surface area contributed by atoms with Gasteiger partial charge in [0.2, 0.25) is 0 Å². The van der Waals surface area contributed by atoms with Crippen LogP contribution >= 0.6 is 0 Å². The molecule has 0 fully saturated rings. The molecule has 0 heterocycles. The summed E-state index contributed by atoms with van der Waals surface area (Å²) in [5.41, 5.74) is 4.81. The molecule has 2 amide bonds. The van der Waals surface area contributed by atoms with Crippen LogP contribution in [0.25, 0.3) is 0 Å². The minimum absolute atomic E-state index is 0.0423. The molecule has 1 atom stereocenters. The number of amides is 2. The van der Waals surface area contributed by atoms with Gasteiger partial charge in [-0.15, -0.1) is 0 Å². The van der Waals surface area contributed by atoms with Crippen LogP contribution in [0, 0.1) is 5.82 Å². The SMILES string of the molecule is COc1cccc(C(=O)NNC(=O)[C@H](C)Oc2ccccc2F)c1. The third-order valence-corrected chi connectivity index (χ3v) is 3.14. The zero-order valence-electron chi connectivity index (χ0n) is 13.2. The molecule has 2 aromatic rings. The minimum atomic E-state index is -0.993. The van der Waals surface area contributed by atoms with E-state index in [2.05, 4.69) is 10.9 Å². The number of ether oxygens (including phenoxy) is 2. The summed E-state index contributed by atoms with van der Waals surface area (Å²) in [6.07, 6.45) is -0.993. The first kappa shape index (κ1) is 17.3. The van der Waals surface area contributed by atoms with Crippen molar-refractivity contribution in [1.82, 2.24) is 10.9 Å². The Labute approximate surface area is 138 Å². The molecule has 0 aliphatic carbocycles. The summed E-state index contributed by atoms with van der Waals surface area (Å²) in [5, 5.41) is 0. The highest BCUT2D eigenvalue weighted by Gasteiger charge is 2.17. The van der Waals surface area contributed by atoms with Gasteiger partial charge in [-0.25, -0.2) is 4.39 Å². The molecule has 24 heavy (non-hydrogen) atoms. The van der Waals surface area contributed by atoms with Gasteiger partial charge in [-0.2, -0.15) is 0 Å². The van der Waals surface area contributed by atoms with E-state index in [1.807, 2.05) is 0 Å². The molecule has 0 saturated heterocycles. The fourth-order valence-electron chi connectivity index (χ4n) is 1.84. The van der Waals surface area contributed by atoms with Gasteiger partial charge in [0, 0.05) is 5.56 Å². The van der Waals surface area contributed by atoms with Crippen LogP contribution in [0.2, 0.25) is 0 Å². The van der Waals surface area contributed by atoms with E-state index in [1.165, 1.54) is 38.3 Å². The second kappa shape index (κ2) is 7.96. The normalized spacial score (nSPS) is 11.3. The van der Waals surface area contributed by atoms with Crippen LogP contribution in [0.5, 0.6) is 11.5 Å². The van der Waals surface area contributed by atoms with E-state index < -0.39 is 23.7 Å². The zero-order valence-corrected chi connectivity index (χ0v) is 13.2. The van der Waals surface area contributed by atoms with Crippen molar-refractivity contribution in [2.45, 2.75) is 13.0 Å². The maximum Gasteiger partial charge on any atom is 0.279 e. The minimum Gasteiger partial charge on any atom is -0.497 e. The Bertz CT molecular complexity index is 736. The summed E-state index contributed by atoms with van der Waals surface area (Å²) in [5.74, 6) is -1.23. The van der Waals surface area contributed by atoms with Crippen LogP contribution in [0.15, 0.2) is 48.5 Å². The van der Waals surface area contributed by atoms with Crippen molar-refractivity contribution in [3.8, 4) is 11.5 Å². The Kier molecular flexibility index (Phi) is 5.73. The van der Waals surface area contributed by atoms with Gasteiger partial charge in [0.1, 0.15) is 5.75 Å². The lowest BCUT2D eigenvalue weighted by molar-refractivity contribution is -0.128. The van der Waals surface area contributed by atoms with E-state index in [-0.39, 0.29) is 5.75 Å². The van der Waals surface area contributed by atoms with Crippen molar-refractivity contribution >= 4 is 11.8 Å². The highest BCUT2D eigenvalue weighted by molar-refractivity contribution is 5.96. The van der Waals surface area contributed by atoms with Crippen molar-refractivity contribution in [2.24, 2.45) is 0 Å². The van der Waals surface area contributed by atoms with E-state index in [0.29, 0.717) is 11.3 Å². The molecule has 0 radical (unpaired) electrons. The van der Waals surface area contributed by atoms with Gasteiger partial charge in [-0.3, -0.25) is 20.4 Å². The molecular weight excluding hydrogens is 315 g/mol. The third kappa shape index (κ3) is 4.45. The maximum absolute atomic E-state index is 13.5. The van der Waals surface area contributed by atoms with E-state index in [1.54, 1.807) is 24.3 Å². The summed E-state index contributed by atoms with van der Waals surface area (Å²) in [4.78, 5) is 23.9. The Hall–Kier alpha value is -3.09. The molecule has 0 saturated carbocycles. The van der Waals surface area contributed by atoms with Crippen LogP contribution in [0.1, 0.15) is 17.3 Å². The fraction of sp³-hybridized carbons (Fsp3) is 0.176. The molecule has 6 nitrogen and oxygen atoms in total. The lowest BCUT2D eigenvalue weighted by Crippen LogP contribution is -2.47. The lowest BCUT2D eigenvalue weighted by Gasteiger charge is -2.15. The van der Waals surface area contributed by atoms with Gasteiger partial charge in [-0.1, -0.05) is 18.2 Å². The molecule has 0 aliphatic heterocycles. The lowest BCUT2D eigenvalue weighted by atomic mass is 10.2. The molecule has 126 valence electrons. The number of hydrogen-bond acceptors (Lipinski definition) is 4. The van der Waals surface area contributed by atoms with Crippen LogP contribution < -0.4 is 20.3 Å². The van der Waals surface area contributed by atoms with Crippen molar-refractivity contribution in [2.75, 3.05) is 7.11 Å². The number of para-hydroxylation sites is 1. The first-order chi connectivity index (χ1) is 11.5. The summed E-state index contributed by atoms with van der Waals surface area (Å²) < 4.78 is 23.7. The van der Waals surface area contributed by atoms with Gasteiger partial charge < -0.3 is 9.47 Å². The largest absolute Gasteiger partial charge is 0.497 e. The molecule has 2 rings (SSSR count). The van der Waals surface area contributed by atoms with E-state index >= 15 is 0 Å². The molecule has 0 aromatic heterocycles. The predicted molar refractivity (Wildman–Crippen MR) is 85.1 cm³/mol. The molecule has 0 unspecified atom stereocenters. The smallest absolute Gasteiger partial charge is 0.279 e. The highest BCUT2D eigenvalue weighted by Crippen LogP contribution is 2.17. The van der Waals surface area contributed by atoms with E-state index in [4.69, 9.17) is 9.47 Å². The molecule has 0 aliphatic rings. The van der Waals surface area contributed by atoms with Crippen LogP contribution in [-0.4, -0.2) is 25.0 Å². The molecule has 0 spiro atoms. The standard InChI is InChI=1S/C17H17FN2O4/c1-11(24-15-9-4-3-8-14(15)18)16(21)19-20-17(22)12-6-5-7-13(10-12)23-2/h3-11H,1-2H3,(H,19,21)(H,20,22)/t11-/m0/s1. The molecule has 7 heteroatoms. The molecule has 2 N–H and O–H groups in total. The third-order valence-electron chi connectivity index (χ3n) is 3.14. The fourth-order valence-corrected chi connectivity index (χ4v) is 1.84. The molecular formula is C17H17FN2O4.